The molecule has 5 nitrogen and oxygen atoms in total. The lowest BCUT2D eigenvalue weighted by atomic mass is 10.2. The molecule has 122 valence electrons. The van der Waals surface area contributed by atoms with Crippen molar-refractivity contribution in [3.63, 3.8) is 0 Å². The minimum absolute atomic E-state index is 0.0641. The van der Waals surface area contributed by atoms with Crippen LogP contribution in [-0.4, -0.2) is 26.7 Å². The zero-order valence-corrected chi connectivity index (χ0v) is 13.5. The van der Waals surface area contributed by atoms with E-state index in [2.05, 4.69) is 10.6 Å². The number of amides is 1. The van der Waals surface area contributed by atoms with E-state index in [4.69, 9.17) is 9.47 Å². The van der Waals surface area contributed by atoms with Crippen LogP contribution < -0.4 is 20.1 Å². The topological polar surface area (TPSA) is 59.6 Å². The van der Waals surface area contributed by atoms with Crippen LogP contribution in [0.5, 0.6) is 11.5 Å². The van der Waals surface area contributed by atoms with E-state index in [0.29, 0.717) is 13.1 Å². The summed E-state index contributed by atoms with van der Waals surface area (Å²) in [6, 6.07) is 15.4. The zero-order chi connectivity index (χ0) is 16.5. The number of hydrogen-bond donors (Lipinski definition) is 2. The number of ether oxygens (including phenoxy) is 2. The quantitative estimate of drug-likeness (QED) is 0.783. The lowest BCUT2D eigenvalue weighted by Crippen LogP contribution is -2.33. The van der Waals surface area contributed by atoms with E-state index < -0.39 is 0 Å². The number of nitrogens with one attached hydrogen (secondary N) is 2. The maximum Gasteiger partial charge on any atom is 0.234 e. The van der Waals surface area contributed by atoms with E-state index in [1.807, 2.05) is 48.5 Å². The fourth-order valence-electron chi connectivity index (χ4n) is 2.27. The highest BCUT2D eigenvalue weighted by atomic mass is 16.5. The third kappa shape index (κ3) is 5.00. The molecule has 0 saturated carbocycles. The minimum Gasteiger partial charge on any atom is -0.496 e. The van der Waals surface area contributed by atoms with Gasteiger partial charge in [-0.15, -0.1) is 0 Å². The first-order chi connectivity index (χ1) is 11.2. The molecule has 0 aromatic heterocycles. The average molecular weight is 314 g/mol. The molecule has 2 aromatic rings. The molecule has 23 heavy (non-hydrogen) atoms. The van der Waals surface area contributed by atoms with Crippen molar-refractivity contribution in [2.24, 2.45) is 0 Å². The highest BCUT2D eigenvalue weighted by Crippen LogP contribution is 2.17. The van der Waals surface area contributed by atoms with Gasteiger partial charge >= 0.3 is 0 Å². The van der Waals surface area contributed by atoms with Crippen molar-refractivity contribution >= 4 is 5.91 Å². The van der Waals surface area contributed by atoms with Crippen molar-refractivity contribution in [1.29, 1.82) is 0 Å². The van der Waals surface area contributed by atoms with Gasteiger partial charge < -0.3 is 20.1 Å². The van der Waals surface area contributed by atoms with Gasteiger partial charge in [-0.3, -0.25) is 4.79 Å². The maximum atomic E-state index is 11.9. The number of carbonyl (C=O) groups is 1. The number of rotatable bonds is 8. The van der Waals surface area contributed by atoms with E-state index in [-0.39, 0.29) is 12.5 Å². The molecule has 0 spiro atoms. The van der Waals surface area contributed by atoms with Gasteiger partial charge in [-0.05, 0) is 12.1 Å². The molecular weight excluding hydrogens is 292 g/mol. The van der Waals surface area contributed by atoms with Crippen LogP contribution in [0.3, 0.4) is 0 Å². The number of benzene rings is 2. The Bertz CT molecular complexity index is 644. The number of hydrogen-bond acceptors (Lipinski definition) is 4. The second kappa shape index (κ2) is 8.80. The Hall–Kier alpha value is -2.53. The highest BCUT2D eigenvalue weighted by Gasteiger charge is 2.06. The molecule has 2 aromatic carbocycles. The molecule has 2 rings (SSSR count). The van der Waals surface area contributed by atoms with Crippen LogP contribution in [-0.2, 0) is 17.9 Å². The summed E-state index contributed by atoms with van der Waals surface area (Å²) < 4.78 is 10.5. The van der Waals surface area contributed by atoms with E-state index in [0.717, 1.165) is 22.6 Å². The van der Waals surface area contributed by atoms with Gasteiger partial charge in [0, 0.05) is 24.2 Å². The summed E-state index contributed by atoms with van der Waals surface area (Å²) in [6.45, 7) is 1.26. The lowest BCUT2D eigenvalue weighted by Gasteiger charge is -2.11. The minimum atomic E-state index is -0.0641. The summed E-state index contributed by atoms with van der Waals surface area (Å²) >= 11 is 0. The number of para-hydroxylation sites is 2. The summed E-state index contributed by atoms with van der Waals surface area (Å²) in [5, 5.41) is 5.99. The third-order valence-corrected chi connectivity index (χ3v) is 3.46. The van der Waals surface area contributed by atoms with Crippen LogP contribution in [0.4, 0.5) is 0 Å². The Kier molecular flexibility index (Phi) is 6.44. The van der Waals surface area contributed by atoms with E-state index in [9.17, 15) is 4.79 Å². The second-order valence-electron chi connectivity index (χ2n) is 5.00. The maximum absolute atomic E-state index is 11.9. The number of methoxy groups -OCH3 is 2. The van der Waals surface area contributed by atoms with Crippen LogP contribution in [0.2, 0.25) is 0 Å². The molecule has 0 bridgehead atoms. The first-order valence-electron chi connectivity index (χ1n) is 7.45. The van der Waals surface area contributed by atoms with Crippen molar-refractivity contribution in [2.75, 3.05) is 20.8 Å². The first kappa shape index (κ1) is 16.8. The van der Waals surface area contributed by atoms with Gasteiger partial charge in [0.1, 0.15) is 11.5 Å². The molecule has 0 atom stereocenters. The molecule has 0 aliphatic heterocycles. The average Bonchev–Trinajstić information content (AvgIpc) is 2.60. The van der Waals surface area contributed by atoms with Crippen molar-refractivity contribution in [3.8, 4) is 11.5 Å². The van der Waals surface area contributed by atoms with E-state index in [1.54, 1.807) is 14.2 Å². The molecule has 0 radical (unpaired) electrons. The Morgan fingerprint density at radius 3 is 1.96 bits per heavy atom. The third-order valence-electron chi connectivity index (χ3n) is 3.46. The molecule has 0 saturated heterocycles. The predicted octanol–water partition coefficient (Wildman–Crippen LogP) is 2.11. The molecule has 0 aliphatic carbocycles. The molecule has 5 heteroatoms. The van der Waals surface area contributed by atoms with E-state index in [1.165, 1.54) is 0 Å². The zero-order valence-electron chi connectivity index (χ0n) is 13.5. The molecule has 0 fully saturated rings. The largest absolute Gasteiger partial charge is 0.496 e. The standard InChI is InChI=1S/C18H22N2O3/c1-22-16-9-5-3-7-14(16)11-19-13-18(21)20-12-15-8-4-6-10-17(15)23-2/h3-10,19H,11-13H2,1-2H3,(H,20,21). The molecule has 0 unspecified atom stereocenters. The van der Waals surface area contributed by atoms with Crippen LogP contribution in [0.15, 0.2) is 48.5 Å². The van der Waals surface area contributed by atoms with Gasteiger partial charge in [0.05, 0.1) is 20.8 Å². The molecular formula is C18H22N2O3. The Balaban J connectivity index is 1.77. The molecule has 0 heterocycles. The van der Waals surface area contributed by atoms with Gasteiger partial charge in [-0.1, -0.05) is 36.4 Å². The lowest BCUT2D eigenvalue weighted by molar-refractivity contribution is -0.120. The molecule has 1 amide bonds. The summed E-state index contributed by atoms with van der Waals surface area (Å²) in [4.78, 5) is 11.9. The Labute approximate surface area is 136 Å². The number of carbonyl (C=O) groups excluding carboxylic acids is 1. The normalized spacial score (nSPS) is 10.2. The van der Waals surface area contributed by atoms with E-state index >= 15 is 0 Å². The van der Waals surface area contributed by atoms with Crippen LogP contribution in [0.25, 0.3) is 0 Å². The van der Waals surface area contributed by atoms with Gasteiger partial charge in [0.2, 0.25) is 5.91 Å². The Morgan fingerprint density at radius 1 is 0.870 bits per heavy atom. The summed E-state index contributed by atoms with van der Waals surface area (Å²) in [5.74, 6) is 1.52. The Morgan fingerprint density at radius 2 is 1.39 bits per heavy atom. The summed E-state index contributed by atoms with van der Waals surface area (Å²) in [6.07, 6.45) is 0. The second-order valence-corrected chi connectivity index (χ2v) is 5.00. The SMILES string of the molecule is COc1ccccc1CNCC(=O)NCc1ccccc1OC. The molecule has 0 aliphatic rings. The fraction of sp³-hybridized carbons (Fsp3) is 0.278. The smallest absolute Gasteiger partial charge is 0.234 e. The van der Waals surface area contributed by atoms with Crippen molar-refractivity contribution in [2.45, 2.75) is 13.1 Å². The van der Waals surface area contributed by atoms with Gasteiger partial charge in [-0.25, -0.2) is 0 Å². The van der Waals surface area contributed by atoms with Crippen molar-refractivity contribution < 1.29 is 14.3 Å². The van der Waals surface area contributed by atoms with Gasteiger partial charge in [-0.2, -0.15) is 0 Å². The summed E-state index contributed by atoms with van der Waals surface area (Å²) in [7, 11) is 3.26. The van der Waals surface area contributed by atoms with Crippen LogP contribution >= 0.6 is 0 Å². The summed E-state index contributed by atoms with van der Waals surface area (Å²) in [5.41, 5.74) is 1.97. The monoisotopic (exact) mass is 314 g/mol. The fourth-order valence-corrected chi connectivity index (χ4v) is 2.27. The molecule has 2 N–H and O–H groups in total. The van der Waals surface area contributed by atoms with Crippen molar-refractivity contribution in [1.82, 2.24) is 10.6 Å². The van der Waals surface area contributed by atoms with Crippen LogP contribution in [0, 0.1) is 0 Å². The van der Waals surface area contributed by atoms with Gasteiger partial charge in [0.15, 0.2) is 0 Å². The van der Waals surface area contributed by atoms with Crippen molar-refractivity contribution in [3.05, 3.63) is 59.7 Å². The van der Waals surface area contributed by atoms with Gasteiger partial charge in [0.25, 0.3) is 0 Å². The highest BCUT2D eigenvalue weighted by molar-refractivity contribution is 5.78. The predicted molar refractivity (Wildman–Crippen MR) is 89.5 cm³/mol. The first-order valence-corrected chi connectivity index (χ1v) is 7.45. The van der Waals surface area contributed by atoms with Crippen LogP contribution in [0.1, 0.15) is 11.1 Å².